The van der Waals surface area contributed by atoms with Crippen LogP contribution in [0.5, 0.6) is 0 Å². The van der Waals surface area contributed by atoms with Crippen LogP contribution in [0.3, 0.4) is 0 Å². The van der Waals surface area contributed by atoms with Crippen LogP contribution in [-0.2, 0) is 0 Å². The maximum Gasteiger partial charge on any atom is 0.164 e. The van der Waals surface area contributed by atoms with Gasteiger partial charge in [-0.15, -0.1) is 0 Å². The van der Waals surface area contributed by atoms with E-state index in [4.69, 9.17) is 19.4 Å². The molecule has 0 aliphatic carbocycles. The minimum Gasteiger partial charge on any atom is -0.456 e. The van der Waals surface area contributed by atoms with Crippen molar-refractivity contribution in [2.75, 3.05) is 0 Å². The quantitative estimate of drug-likeness (QED) is 0.161. The molecular formula is C57H36N4O. The maximum absolute atomic E-state index is 6.56. The van der Waals surface area contributed by atoms with E-state index in [1.54, 1.807) is 0 Å². The second-order valence-electron chi connectivity index (χ2n) is 15.6. The molecular weight excluding hydrogens is 757 g/mol. The highest BCUT2D eigenvalue weighted by Crippen LogP contribution is 2.42. The molecule has 5 nitrogen and oxygen atoms in total. The lowest BCUT2D eigenvalue weighted by molar-refractivity contribution is 0.669. The number of benzene rings is 9. The van der Waals surface area contributed by atoms with E-state index in [0.717, 1.165) is 77.6 Å². The van der Waals surface area contributed by atoms with Crippen LogP contribution in [0.25, 0.3) is 117 Å². The molecule has 0 aliphatic rings. The van der Waals surface area contributed by atoms with Gasteiger partial charge in [-0.05, 0) is 70.3 Å². The largest absolute Gasteiger partial charge is 0.456 e. The normalized spacial score (nSPS) is 11.5. The fraction of sp³-hybridized carbons (Fsp3) is 0. The van der Waals surface area contributed by atoms with Crippen LogP contribution in [0.1, 0.15) is 0 Å². The molecule has 0 fully saturated rings. The third kappa shape index (κ3) is 6.06. The highest BCUT2D eigenvalue weighted by Gasteiger charge is 2.21. The number of furan rings is 1. The molecule has 0 spiro atoms. The second-order valence-corrected chi connectivity index (χ2v) is 15.6. The Morgan fingerprint density at radius 2 is 0.839 bits per heavy atom. The number of nitrogens with zero attached hydrogens (tertiary/aromatic N) is 4. The van der Waals surface area contributed by atoms with Gasteiger partial charge in [0.05, 0.1) is 16.7 Å². The van der Waals surface area contributed by atoms with E-state index in [1.165, 1.54) is 21.9 Å². The van der Waals surface area contributed by atoms with Gasteiger partial charge >= 0.3 is 0 Å². The Labute approximate surface area is 357 Å². The highest BCUT2D eigenvalue weighted by atomic mass is 16.3. The second kappa shape index (κ2) is 14.7. The lowest BCUT2D eigenvalue weighted by Crippen LogP contribution is -2.00. The summed E-state index contributed by atoms with van der Waals surface area (Å²) in [5, 5.41) is 4.39. The predicted octanol–water partition coefficient (Wildman–Crippen LogP) is 14.9. The zero-order valence-electron chi connectivity index (χ0n) is 33.5. The molecule has 0 saturated carbocycles. The molecule has 0 atom stereocenters. The van der Waals surface area contributed by atoms with Crippen LogP contribution in [0.15, 0.2) is 223 Å². The summed E-state index contributed by atoms with van der Waals surface area (Å²) in [6.07, 6.45) is 0. The first kappa shape index (κ1) is 35.5. The van der Waals surface area contributed by atoms with Crippen molar-refractivity contribution in [2.24, 2.45) is 0 Å². The van der Waals surface area contributed by atoms with Crippen molar-refractivity contribution in [1.29, 1.82) is 0 Å². The summed E-state index contributed by atoms with van der Waals surface area (Å²) in [5.74, 6) is 1.83. The van der Waals surface area contributed by atoms with Crippen molar-refractivity contribution in [3.05, 3.63) is 218 Å². The van der Waals surface area contributed by atoms with Gasteiger partial charge < -0.3 is 8.98 Å². The van der Waals surface area contributed by atoms with E-state index < -0.39 is 0 Å². The minimum absolute atomic E-state index is 0.590. The van der Waals surface area contributed by atoms with Crippen LogP contribution in [-0.4, -0.2) is 19.5 Å². The summed E-state index contributed by atoms with van der Waals surface area (Å²) >= 11 is 0. The Hall–Kier alpha value is -8.41. The minimum atomic E-state index is 0.590. The molecule has 290 valence electrons. The van der Waals surface area contributed by atoms with Crippen molar-refractivity contribution in [3.8, 4) is 73.2 Å². The van der Waals surface area contributed by atoms with Crippen LogP contribution < -0.4 is 0 Å². The van der Waals surface area contributed by atoms with Crippen molar-refractivity contribution < 1.29 is 4.42 Å². The van der Waals surface area contributed by atoms with Gasteiger partial charge in [0.25, 0.3) is 0 Å². The summed E-state index contributed by atoms with van der Waals surface area (Å²) in [6, 6.07) is 76.5. The topological polar surface area (TPSA) is 56.7 Å². The van der Waals surface area contributed by atoms with E-state index >= 15 is 0 Å². The van der Waals surface area contributed by atoms with Gasteiger partial charge in [-0.1, -0.05) is 176 Å². The summed E-state index contributed by atoms with van der Waals surface area (Å²) in [7, 11) is 0. The Balaban J connectivity index is 1.06. The summed E-state index contributed by atoms with van der Waals surface area (Å²) in [6.45, 7) is 0. The fourth-order valence-electron chi connectivity index (χ4n) is 8.92. The average Bonchev–Trinajstić information content (AvgIpc) is 3.90. The Kier molecular flexibility index (Phi) is 8.42. The van der Waals surface area contributed by atoms with Crippen molar-refractivity contribution in [2.45, 2.75) is 0 Å². The molecule has 0 N–H and O–H groups in total. The summed E-state index contributed by atoms with van der Waals surface area (Å²) in [4.78, 5) is 15.2. The van der Waals surface area contributed by atoms with E-state index in [1.807, 2.05) is 72.8 Å². The SMILES string of the molecule is c1ccc(-c2ccc3c(c2)c2ccccc2n3-c2cc(-c3ccc4oc5cccc(-c6nc(-c7ccccc7)nc(-c7ccccc7)n6)c5c4c3)ccc2-c2ccccc2)cc1. The number of aromatic nitrogens is 4. The van der Waals surface area contributed by atoms with Crippen LogP contribution in [0.2, 0.25) is 0 Å². The maximum atomic E-state index is 6.56. The van der Waals surface area contributed by atoms with Gasteiger partial charge in [0, 0.05) is 43.8 Å². The Morgan fingerprint density at radius 3 is 1.55 bits per heavy atom. The van der Waals surface area contributed by atoms with Crippen LogP contribution in [0.4, 0.5) is 0 Å². The molecule has 12 aromatic rings. The molecule has 9 aromatic carbocycles. The number of para-hydroxylation sites is 1. The highest BCUT2D eigenvalue weighted by molar-refractivity contribution is 6.13. The van der Waals surface area contributed by atoms with Gasteiger partial charge in [0.1, 0.15) is 11.2 Å². The lowest BCUT2D eigenvalue weighted by Gasteiger charge is -2.16. The van der Waals surface area contributed by atoms with Gasteiger partial charge in [-0.3, -0.25) is 0 Å². The molecule has 0 aliphatic heterocycles. The first-order valence-corrected chi connectivity index (χ1v) is 20.8. The van der Waals surface area contributed by atoms with Gasteiger partial charge in [-0.25, -0.2) is 15.0 Å². The number of hydrogen-bond donors (Lipinski definition) is 0. The zero-order valence-corrected chi connectivity index (χ0v) is 33.5. The third-order valence-corrected chi connectivity index (χ3v) is 11.9. The molecule has 0 amide bonds. The van der Waals surface area contributed by atoms with E-state index in [-0.39, 0.29) is 0 Å². The molecule has 62 heavy (non-hydrogen) atoms. The molecule has 12 rings (SSSR count). The summed E-state index contributed by atoms with van der Waals surface area (Å²) in [5.41, 5.74) is 14.6. The van der Waals surface area contributed by atoms with Gasteiger partial charge in [0.2, 0.25) is 0 Å². The fourth-order valence-corrected chi connectivity index (χ4v) is 8.92. The molecule has 3 aromatic heterocycles. The molecule has 0 bridgehead atoms. The first-order valence-electron chi connectivity index (χ1n) is 20.8. The monoisotopic (exact) mass is 792 g/mol. The van der Waals surface area contributed by atoms with E-state index in [9.17, 15) is 0 Å². The molecule has 0 unspecified atom stereocenters. The van der Waals surface area contributed by atoms with Gasteiger partial charge in [-0.2, -0.15) is 0 Å². The van der Waals surface area contributed by atoms with Crippen LogP contribution in [0, 0.1) is 0 Å². The Morgan fingerprint density at radius 1 is 0.306 bits per heavy atom. The van der Waals surface area contributed by atoms with Crippen LogP contribution >= 0.6 is 0 Å². The van der Waals surface area contributed by atoms with Crippen molar-refractivity contribution in [3.63, 3.8) is 0 Å². The average molecular weight is 793 g/mol. The standard InChI is InChI=1S/C57H36N4O/c1-5-16-37(17-6-1)41-29-32-50-47(34-41)45-24-13-14-26-49(45)61(50)51-36-43(28-31-44(51)38-18-7-2-8-19-38)42-30-33-52-48(35-42)54-46(25-15-27-53(54)62-52)57-59-55(39-20-9-3-10-21-39)58-56(60-57)40-22-11-4-12-23-40/h1-36H. The third-order valence-electron chi connectivity index (χ3n) is 11.9. The van der Waals surface area contributed by atoms with Gasteiger partial charge in [0.15, 0.2) is 17.5 Å². The molecule has 0 radical (unpaired) electrons. The molecule has 0 saturated heterocycles. The lowest BCUT2D eigenvalue weighted by atomic mass is 9.96. The number of fused-ring (bicyclic) bond motifs is 6. The first-order chi connectivity index (χ1) is 30.7. The zero-order chi connectivity index (χ0) is 41.0. The number of hydrogen-bond acceptors (Lipinski definition) is 4. The smallest absolute Gasteiger partial charge is 0.164 e. The van der Waals surface area contributed by atoms with E-state index in [2.05, 4.69) is 150 Å². The van der Waals surface area contributed by atoms with Crippen molar-refractivity contribution >= 4 is 43.7 Å². The summed E-state index contributed by atoms with van der Waals surface area (Å²) < 4.78 is 8.99. The number of rotatable bonds is 7. The Bertz CT molecular complexity index is 3560. The van der Waals surface area contributed by atoms with Crippen molar-refractivity contribution in [1.82, 2.24) is 19.5 Å². The molecule has 3 heterocycles. The van der Waals surface area contributed by atoms with E-state index in [0.29, 0.717) is 17.5 Å². The predicted molar refractivity (Wildman–Crippen MR) is 254 cm³/mol. The molecule has 5 heteroatoms.